The maximum Gasteiger partial charge on any atom is 0.474 e. The van der Waals surface area contributed by atoms with Gasteiger partial charge in [-0.1, -0.05) is 13.3 Å². The molecule has 0 rings (SSSR count). The van der Waals surface area contributed by atoms with E-state index >= 15 is 0 Å². The van der Waals surface area contributed by atoms with Crippen molar-refractivity contribution in [2.24, 2.45) is 0 Å². The van der Waals surface area contributed by atoms with Crippen LogP contribution in [0.15, 0.2) is 0 Å². The molecule has 2 atom stereocenters. The predicted molar refractivity (Wildman–Crippen MR) is 73.5 cm³/mol. The number of carboxylic acids is 1. The summed E-state index contributed by atoms with van der Waals surface area (Å²) in [5, 5.41) is 17.6. The summed E-state index contributed by atoms with van der Waals surface area (Å²) < 4.78 is 27.5. The second-order valence-electron chi connectivity index (χ2n) is 4.44. The van der Waals surface area contributed by atoms with Crippen molar-refractivity contribution in [1.29, 1.82) is 0 Å². The fraction of sp³-hybridized carbons (Fsp3) is 0.917. The van der Waals surface area contributed by atoms with Gasteiger partial charge in [-0.15, -0.1) is 0 Å². The standard InChI is InChI=1S/C12H25O7P/c1-3-4-8-17-20(16,19-10-7-11(2)13)18-9-5-6-12(14)15/h11,13H,3-10H2,1-2H3,(H,14,15). The zero-order valence-corrected chi connectivity index (χ0v) is 13.0. The van der Waals surface area contributed by atoms with Gasteiger partial charge in [0.1, 0.15) is 0 Å². The number of carbonyl (C=O) groups is 1. The Morgan fingerprint density at radius 3 is 2.20 bits per heavy atom. The Morgan fingerprint density at radius 2 is 1.70 bits per heavy atom. The van der Waals surface area contributed by atoms with Crippen LogP contribution in [0.2, 0.25) is 0 Å². The Kier molecular flexibility index (Phi) is 11.0. The molecule has 20 heavy (non-hydrogen) atoms. The van der Waals surface area contributed by atoms with Gasteiger partial charge in [0, 0.05) is 6.42 Å². The fourth-order valence-corrected chi connectivity index (χ4v) is 2.43. The van der Waals surface area contributed by atoms with Crippen molar-refractivity contribution in [3.05, 3.63) is 0 Å². The van der Waals surface area contributed by atoms with Gasteiger partial charge in [0.15, 0.2) is 0 Å². The average molecular weight is 312 g/mol. The molecular weight excluding hydrogens is 287 g/mol. The second-order valence-corrected chi connectivity index (χ2v) is 6.10. The molecule has 0 saturated carbocycles. The summed E-state index contributed by atoms with van der Waals surface area (Å²) in [6, 6.07) is 0. The molecule has 0 fully saturated rings. The van der Waals surface area contributed by atoms with E-state index in [9.17, 15) is 9.36 Å². The van der Waals surface area contributed by atoms with Crippen LogP contribution in [0.4, 0.5) is 0 Å². The summed E-state index contributed by atoms with van der Waals surface area (Å²) in [7, 11) is -3.67. The maximum atomic E-state index is 12.2. The van der Waals surface area contributed by atoms with Crippen LogP contribution in [-0.4, -0.2) is 42.1 Å². The molecule has 0 aliphatic rings. The number of hydrogen-bond acceptors (Lipinski definition) is 6. The molecule has 0 spiro atoms. The molecule has 0 aromatic rings. The molecule has 0 heterocycles. The first-order valence-electron chi connectivity index (χ1n) is 6.83. The van der Waals surface area contributed by atoms with Crippen LogP contribution in [0.25, 0.3) is 0 Å². The third-order valence-electron chi connectivity index (χ3n) is 2.32. The Balaban J connectivity index is 4.15. The van der Waals surface area contributed by atoms with Gasteiger partial charge in [-0.25, -0.2) is 4.57 Å². The smallest absolute Gasteiger partial charge is 0.474 e. The first kappa shape index (κ1) is 19.5. The van der Waals surface area contributed by atoms with Crippen LogP contribution in [0, 0.1) is 0 Å². The Hall–Kier alpha value is -0.460. The lowest BCUT2D eigenvalue weighted by Crippen LogP contribution is -2.08. The SMILES string of the molecule is CCCCOP(=O)(OCCCC(=O)O)OCCC(C)O. The minimum Gasteiger partial charge on any atom is -0.481 e. The molecule has 0 aromatic carbocycles. The number of phosphoric ester groups is 1. The van der Waals surface area contributed by atoms with Gasteiger partial charge in [0.05, 0.1) is 25.9 Å². The van der Waals surface area contributed by atoms with Gasteiger partial charge in [-0.05, 0) is 26.2 Å². The molecule has 2 N–H and O–H groups in total. The summed E-state index contributed by atoms with van der Waals surface area (Å²) >= 11 is 0. The molecule has 0 bridgehead atoms. The molecule has 0 saturated heterocycles. The molecule has 2 unspecified atom stereocenters. The van der Waals surface area contributed by atoms with Crippen molar-refractivity contribution in [2.45, 2.75) is 52.1 Å². The molecule has 8 heteroatoms. The number of phosphoric acid groups is 1. The van der Waals surface area contributed by atoms with Crippen LogP contribution in [-0.2, 0) is 22.9 Å². The minimum atomic E-state index is -3.67. The van der Waals surface area contributed by atoms with Crippen molar-refractivity contribution in [1.82, 2.24) is 0 Å². The highest BCUT2D eigenvalue weighted by Crippen LogP contribution is 2.49. The number of carboxylic acid groups (broad SMARTS) is 1. The Bertz CT molecular complexity index is 306. The molecule has 0 radical (unpaired) electrons. The van der Waals surface area contributed by atoms with E-state index in [4.69, 9.17) is 23.8 Å². The molecule has 0 aromatic heterocycles. The van der Waals surface area contributed by atoms with Gasteiger partial charge in [-0.2, -0.15) is 0 Å². The van der Waals surface area contributed by atoms with Crippen molar-refractivity contribution in [3.8, 4) is 0 Å². The highest BCUT2D eigenvalue weighted by atomic mass is 31.2. The number of aliphatic hydroxyl groups is 1. The third-order valence-corrected chi connectivity index (χ3v) is 3.81. The molecule has 0 aliphatic heterocycles. The lowest BCUT2D eigenvalue weighted by Gasteiger charge is -2.18. The van der Waals surface area contributed by atoms with Crippen molar-refractivity contribution in [3.63, 3.8) is 0 Å². The monoisotopic (exact) mass is 312 g/mol. The van der Waals surface area contributed by atoms with Gasteiger partial charge in [-0.3, -0.25) is 18.4 Å². The van der Waals surface area contributed by atoms with Crippen molar-refractivity contribution < 1.29 is 33.1 Å². The Labute approximate surface area is 119 Å². The number of aliphatic hydroxyl groups excluding tert-OH is 1. The van der Waals surface area contributed by atoms with Crippen molar-refractivity contribution in [2.75, 3.05) is 19.8 Å². The molecular formula is C12H25O7P. The first-order chi connectivity index (χ1) is 9.39. The summed E-state index contributed by atoms with van der Waals surface area (Å²) in [6.07, 6.45) is 1.53. The van der Waals surface area contributed by atoms with Crippen LogP contribution < -0.4 is 0 Å². The molecule has 0 amide bonds. The zero-order chi connectivity index (χ0) is 15.4. The third kappa shape index (κ3) is 11.4. The van der Waals surface area contributed by atoms with E-state index in [1.54, 1.807) is 6.92 Å². The van der Waals surface area contributed by atoms with E-state index < -0.39 is 19.9 Å². The average Bonchev–Trinajstić information content (AvgIpc) is 2.34. The second kappa shape index (κ2) is 11.2. The summed E-state index contributed by atoms with van der Waals surface area (Å²) in [5.74, 6) is -0.939. The van der Waals surface area contributed by atoms with Gasteiger partial charge < -0.3 is 10.2 Å². The summed E-state index contributed by atoms with van der Waals surface area (Å²) in [6.45, 7) is 3.86. The quantitative estimate of drug-likeness (QED) is 0.398. The van der Waals surface area contributed by atoms with Crippen LogP contribution in [0.3, 0.4) is 0 Å². The lowest BCUT2D eigenvalue weighted by molar-refractivity contribution is -0.137. The number of hydrogen-bond donors (Lipinski definition) is 2. The predicted octanol–water partition coefficient (Wildman–Crippen LogP) is 2.58. The maximum absolute atomic E-state index is 12.2. The first-order valence-corrected chi connectivity index (χ1v) is 8.29. The molecule has 0 aliphatic carbocycles. The number of rotatable bonds is 13. The molecule has 7 nitrogen and oxygen atoms in total. The van der Waals surface area contributed by atoms with Crippen LogP contribution in [0.1, 0.15) is 46.0 Å². The van der Waals surface area contributed by atoms with E-state index in [0.29, 0.717) is 6.42 Å². The van der Waals surface area contributed by atoms with Gasteiger partial charge in [0.25, 0.3) is 0 Å². The fourth-order valence-electron chi connectivity index (χ4n) is 1.17. The topological polar surface area (TPSA) is 102 Å². The van der Waals surface area contributed by atoms with E-state index in [-0.39, 0.29) is 32.7 Å². The number of unbranched alkanes of at least 4 members (excludes halogenated alkanes) is 1. The summed E-state index contributed by atoms with van der Waals surface area (Å²) in [5.41, 5.74) is 0. The van der Waals surface area contributed by atoms with Crippen molar-refractivity contribution >= 4 is 13.8 Å². The van der Waals surface area contributed by atoms with Crippen LogP contribution >= 0.6 is 7.82 Å². The lowest BCUT2D eigenvalue weighted by atomic mass is 10.3. The highest BCUT2D eigenvalue weighted by Gasteiger charge is 2.26. The number of aliphatic carboxylic acids is 1. The zero-order valence-electron chi connectivity index (χ0n) is 12.1. The Morgan fingerprint density at radius 1 is 1.15 bits per heavy atom. The largest absolute Gasteiger partial charge is 0.481 e. The molecule has 120 valence electrons. The van der Waals surface area contributed by atoms with E-state index in [0.717, 1.165) is 12.8 Å². The summed E-state index contributed by atoms with van der Waals surface area (Å²) in [4.78, 5) is 10.4. The van der Waals surface area contributed by atoms with Gasteiger partial charge in [0.2, 0.25) is 0 Å². The van der Waals surface area contributed by atoms with E-state index in [1.807, 2.05) is 6.92 Å². The van der Waals surface area contributed by atoms with E-state index in [2.05, 4.69) is 0 Å². The van der Waals surface area contributed by atoms with Gasteiger partial charge >= 0.3 is 13.8 Å². The highest BCUT2D eigenvalue weighted by molar-refractivity contribution is 7.48. The van der Waals surface area contributed by atoms with Crippen LogP contribution in [0.5, 0.6) is 0 Å². The van der Waals surface area contributed by atoms with E-state index in [1.165, 1.54) is 0 Å². The minimum absolute atomic E-state index is 0.00954. The normalized spacial score (nSPS) is 15.8.